The summed E-state index contributed by atoms with van der Waals surface area (Å²) in [6, 6.07) is 0.314. The van der Waals surface area contributed by atoms with Gasteiger partial charge in [0.15, 0.2) is 0 Å². The molecule has 1 amide bonds. The molecule has 1 N–H and O–H groups in total. The molecule has 0 aromatic rings. The highest BCUT2D eigenvalue weighted by Crippen LogP contribution is 2.38. The molecule has 0 aliphatic heterocycles. The minimum absolute atomic E-state index is 0.241. The summed E-state index contributed by atoms with van der Waals surface area (Å²) < 4.78 is 5.08. The zero-order chi connectivity index (χ0) is 10.7. The van der Waals surface area contributed by atoms with Crippen LogP contribution in [0.2, 0.25) is 0 Å². The molecule has 0 spiro atoms. The number of alkyl carbamates (subject to hydrolysis) is 1. The van der Waals surface area contributed by atoms with Crippen molar-refractivity contribution in [1.29, 1.82) is 0 Å². The van der Waals surface area contributed by atoms with Gasteiger partial charge in [-0.15, -0.1) is 0 Å². The summed E-state index contributed by atoms with van der Waals surface area (Å²) in [6.45, 7) is 2.63. The number of ether oxygens (including phenoxy) is 1. The Morgan fingerprint density at radius 3 is 2.93 bits per heavy atom. The Morgan fingerprint density at radius 1 is 1.47 bits per heavy atom. The maximum absolute atomic E-state index is 11.4. The van der Waals surface area contributed by atoms with Crippen molar-refractivity contribution in [2.45, 2.75) is 38.6 Å². The highest BCUT2D eigenvalue weighted by Gasteiger charge is 2.36. The van der Waals surface area contributed by atoms with Gasteiger partial charge in [0.2, 0.25) is 0 Å². The molecule has 3 atom stereocenters. The number of rotatable bonds is 4. The van der Waals surface area contributed by atoms with Crippen LogP contribution in [0.15, 0.2) is 12.2 Å². The predicted octanol–water partition coefficient (Wildman–Crippen LogP) is 2.48. The molecular formula is C12H19NO2. The summed E-state index contributed by atoms with van der Waals surface area (Å²) in [5.74, 6) is 1.24. The normalized spacial score (nSPS) is 31.9. The molecule has 0 radical (unpaired) electrons. The summed E-state index contributed by atoms with van der Waals surface area (Å²) >= 11 is 0. The monoisotopic (exact) mass is 209 g/mol. The van der Waals surface area contributed by atoms with Crippen LogP contribution in [0.4, 0.5) is 4.79 Å². The average molecular weight is 209 g/mol. The molecule has 2 aliphatic rings. The number of carbonyl (C=O) groups excluding carboxylic acids is 1. The van der Waals surface area contributed by atoms with Crippen molar-refractivity contribution < 1.29 is 9.53 Å². The lowest BCUT2D eigenvalue weighted by Crippen LogP contribution is -2.38. The lowest BCUT2D eigenvalue weighted by molar-refractivity contribution is 0.139. The summed E-state index contributed by atoms with van der Waals surface area (Å²) in [4.78, 5) is 11.4. The number of fused-ring (bicyclic) bond motifs is 2. The van der Waals surface area contributed by atoms with Crippen molar-refractivity contribution in [2.75, 3.05) is 6.61 Å². The predicted molar refractivity (Wildman–Crippen MR) is 58.5 cm³/mol. The van der Waals surface area contributed by atoms with Crippen molar-refractivity contribution in [3.05, 3.63) is 12.2 Å². The standard InChI is InChI=1S/C12H19NO2/c1-2-3-6-15-12(14)13-11-8-9-4-5-10(11)7-9/h4-5,9-11H,2-3,6-8H2,1H3,(H,13,14). The first kappa shape index (κ1) is 10.5. The van der Waals surface area contributed by atoms with Crippen molar-refractivity contribution in [1.82, 2.24) is 5.32 Å². The van der Waals surface area contributed by atoms with Gasteiger partial charge >= 0.3 is 6.09 Å². The SMILES string of the molecule is CCCCOC(=O)NC1CC2C=CC1C2. The molecule has 2 rings (SSSR count). The van der Waals surface area contributed by atoms with Crippen LogP contribution in [0.1, 0.15) is 32.6 Å². The minimum atomic E-state index is -0.241. The molecule has 3 nitrogen and oxygen atoms in total. The Hall–Kier alpha value is -0.990. The number of hydrogen-bond acceptors (Lipinski definition) is 2. The fraction of sp³-hybridized carbons (Fsp3) is 0.750. The van der Waals surface area contributed by atoms with E-state index >= 15 is 0 Å². The van der Waals surface area contributed by atoms with E-state index in [0.717, 1.165) is 19.3 Å². The van der Waals surface area contributed by atoms with Gasteiger partial charge in [0.25, 0.3) is 0 Å². The molecule has 2 bridgehead atoms. The molecule has 15 heavy (non-hydrogen) atoms. The van der Waals surface area contributed by atoms with Gasteiger partial charge in [-0.1, -0.05) is 25.5 Å². The zero-order valence-electron chi connectivity index (χ0n) is 9.24. The number of nitrogens with one attached hydrogen (secondary N) is 1. The van der Waals surface area contributed by atoms with E-state index in [0.29, 0.717) is 24.5 Å². The van der Waals surface area contributed by atoms with Gasteiger partial charge in [0.1, 0.15) is 0 Å². The smallest absolute Gasteiger partial charge is 0.407 e. The van der Waals surface area contributed by atoms with Crippen molar-refractivity contribution in [3.63, 3.8) is 0 Å². The molecule has 3 heteroatoms. The second-order valence-corrected chi connectivity index (χ2v) is 4.52. The molecular weight excluding hydrogens is 190 g/mol. The zero-order valence-corrected chi connectivity index (χ0v) is 9.24. The molecule has 1 saturated carbocycles. The quantitative estimate of drug-likeness (QED) is 0.570. The molecule has 0 aromatic carbocycles. The third-order valence-corrected chi connectivity index (χ3v) is 3.31. The first-order chi connectivity index (χ1) is 7.29. The number of amides is 1. The van der Waals surface area contributed by atoms with E-state index in [1.165, 1.54) is 6.42 Å². The van der Waals surface area contributed by atoms with E-state index in [1.54, 1.807) is 0 Å². The van der Waals surface area contributed by atoms with Gasteiger partial charge in [-0.05, 0) is 31.1 Å². The first-order valence-corrected chi connectivity index (χ1v) is 5.91. The van der Waals surface area contributed by atoms with Crippen LogP contribution >= 0.6 is 0 Å². The molecule has 3 unspecified atom stereocenters. The van der Waals surface area contributed by atoms with Crippen LogP contribution in [-0.2, 0) is 4.74 Å². The summed E-state index contributed by atoms with van der Waals surface area (Å²) in [5.41, 5.74) is 0. The van der Waals surface area contributed by atoms with Crippen LogP contribution in [0, 0.1) is 11.8 Å². The Balaban J connectivity index is 1.69. The maximum Gasteiger partial charge on any atom is 0.407 e. The largest absolute Gasteiger partial charge is 0.450 e. The van der Waals surface area contributed by atoms with Crippen LogP contribution in [0.5, 0.6) is 0 Å². The van der Waals surface area contributed by atoms with Gasteiger partial charge in [-0.25, -0.2) is 4.79 Å². The second-order valence-electron chi connectivity index (χ2n) is 4.52. The van der Waals surface area contributed by atoms with Gasteiger partial charge in [0.05, 0.1) is 6.61 Å². The molecule has 0 heterocycles. The van der Waals surface area contributed by atoms with Crippen molar-refractivity contribution >= 4 is 6.09 Å². The number of hydrogen-bond donors (Lipinski definition) is 1. The third-order valence-electron chi connectivity index (χ3n) is 3.31. The Bertz CT molecular complexity index is 262. The van der Waals surface area contributed by atoms with Crippen LogP contribution in [0.25, 0.3) is 0 Å². The topological polar surface area (TPSA) is 38.3 Å². The average Bonchev–Trinajstić information content (AvgIpc) is 2.79. The van der Waals surface area contributed by atoms with Crippen LogP contribution in [0.3, 0.4) is 0 Å². The molecule has 84 valence electrons. The summed E-state index contributed by atoms with van der Waals surface area (Å²) in [5, 5.41) is 2.96. The summed E-state index contributed by atoms with van der Waals surface area (Å²) in [6.07, 6.45) is 8.56. The Morgan fingerprint density at radius 2 is 2.33 bits per heavy atom. The summed E-state index contributed by atoms with van der Waals surface area (Å²) in [7, 11) is 0. The first-order valence-electron chi connectivity index (χ1n) is 5.91. The number of allylic oxidation sites excluding steroid dienone is 1. The van der Waals surface area contributed by atoms with E-state index in [4.69, 9.17) is 4.74 Å². The number of carbonyl (C=O) groups is 1. The Kier molecular flexibility index (Phi) is 3.29. The lowest BCUT2D eigenvalue weighted by atomic mass is 10.0. The molecule has 0 saturated heterocycles. The minimum Gasteiger partial charge on any atom is -0.450 e. The van der Waals surface area contributed by atoms with E-state index in [1.807, 2.05) is 0 Å². The van der Waals surface area contributed by atoms with E-state index in [9.17, 15) is 4.79 Å². The number of unbranched alkanes of at least 4 members (excludes halogenated alkanes) is 1. The lowest BCUT2D eigenvalue weighted by Gasteiger charge is -2.19. The van der Waals surface area contributed by atoms with Gasteiger partial charge < -0.3 is 10.1 Å². The fourth-order valence-electron chi connectivity index (χ4n) is 2.45. The van der Waals surface area contributed by atoms with Gasteiger partial charge in [-0.3, -0.25) is 0 Å². The second kappa shape index (κ2) is 4.69. The van der Waals surface area contributed by atoms with E-state index in [2.05, 4.69) is 24.4 Å². The Labute approximate surface area is 90.9 Å². The maximum atomic E-state index is 11.4. The van der Waals surface area contributed by atoms with Gasteiger partial charge in [0, 0.05) is 6.04 Å². The third kappa shape index (κ3) is 2.52. The molecule has 2 aliphatic carbocycles. The highest BCUT2D eigenvalue weighted by atomic mass is 16.5. The molecule has 1 fully saturated rings. The van der Waals surface area contributed by atoms with E-state index in [-0.39, 0.29) is 6.09 Å². The van der Waals surface area contributed by atoms with Crippen molar-refractivity contribution in [3.8, 4) is 0 Å². The van der Waals surface area contributed by atoms with Gasteiger partial charge in [-0.2, -0.15) is 0 Å². The van der Waals surface area contributed by atoms with Crippen LogP contribution < -0.4 is 5.32 Å². The molecule has 0 aromatic heterocycles. The van der Waals surface area contributed by atoms with Crippen LogP contribution in [-0.4, -0.2) is 18.7 Å². The highest BCUT2D eigenvalue weighted by molar-refractivity contribution is 5.67. The fourth-order valence-corrected chi connectivity index (χ4v) is 2.45. The van der Waals surface area contributed by atoms with E-state index < -0.39 is 0 Å². The van der Waals surface area contributed by atoms with Crippen molar-refractivity contribution in [2.24, 2.45) is 11.8 Å².